The summed E-state index contributed by atoms with van der Waals surface area (Å²) in [5.41, 5.74) is 5.16. The van der Waals surface area contributed by atoms with Crippen LogP contribution in [-0.4, -0.2) is 35.6 Å². The fraction of sp³-hybridized carbons (Fsp3) is 0.200. The summed E-state index contributed by atoms with van der Waals surface area (Å²) in [6, 6.07) is 34.9. The molecular weight excluding hydrogens is 418 g/mol. The van der Waals surface area contributed by atoms with Crippen LogP contribution in [0.2, 0.25) is 0 Å². The number of hydrogen-bond acceptors (Lipinski definition) is 3. The Morgan fingerprint density at radius 2 is 1.41 bits per heavy atom. The van der Waals surface area contributed by atoms with E-state index in [0.717, 1.165) is 38.5 Å². The van der Waals surface area contributed by atoms with Gasteiger partial charge in [-0.05, 0) is 46.8 Å². The summed E-state index contributed by atoms with van der Waals surface area (Å²) in [5.74, 6) is 1.04. The first-order valence-corrected chi connectivity index (χ1v) is 12.1. The Bertz CT molecular complexity index is 1290. The molecule has 5 aromatic rings. The fourth-order valence-corrected chi connectivity index (χ4v) is 5.13. The highest BCUT2D eigenvalue weighted by atomic mass is 16.3. The van der Waals surface area contributed by atoms with Gasteiger partial charge in [-0.25, -0.2) is 0 Å². The number of rotatable bonds is 6. The fourth-order valence-electron chi connectivity index (χ4n) is 5.13. The SMILES string of the molecule is c1ccc(C(c2ccccc2)n2ccc3ccc(N4CCN(Cc5ccco5)CC4)cc32)cc1. The number of benzene rings is 3. The van der Waals surface area contributed by atoms with Crippen LogP contribution in [-0.2, 0) is 6.54 Å². The average Bonchev–Trinajstić information content (AvgIpc) is 3.56. The molecule has 4 nitrogen and oxygen atoms in total. The molecule has 0 saturated carbocycles. The third-order valence-corrected chi connectivity index (χ3v) is 6.91. The lowest BCUT2D eigenvalue weighted by atomic mass is 9.98. The molecule has 3 heterocycles. The standard InChI is InChI=1S/C30H29N3O/c1-3-8-25(9-4-1)30(26-10-5-2-6-11-26)33-16-15-24-13-14-27(22-29(24)33)32-19-17-31(18-20-32)23-28-12-7-21-34-28/h1-16,21-22,30H,17-20,23H2. The molecule has 0 amide bonds. The molecule has 1 aliphatic rings. The molecule has 1 saturated heterocycles. The minimum Gasteiger partial charge on any atom is -0.468 e. The summed E-state index contributed by atoms with van der Waals surface area (Å²) in [6.07, 6.45) is 3.99. The Hall–Kier alpha value is -3.76. The van der Waals surface area contributed by atoms with Gasteiger partial charge in [0.2, 0.25) is 0 Å². The third-order valence-electron chi connectivity index (χ3n) is 6.91. The van der Waals surface area contributed by atoms with Crippen molar-refractivity contribution in [1.29, 1.82) is 0 Å². The third kappa shape index (κ3) is 4.13. The van der Waals surface area contributed by atoms with Crippen LogP contribution in [0.3, 0.4) is 0 Å². The lowest BCUT2D eigenvalue weighted by Crippen LogP contribution is -2.45. The van der Waals surface area contributed by atoms with Crippen molar-refractivity contribution >= 4 is 16.6 Å². The zero-order valence-corrected chi connectivity index (χ0v) is 19.3. The molecule has 6 rings (SSSR count). The van der Waals surface area contributed by atoms with Crippen molar-refractivity contribution in [3.8, 4) is 0 Å². The molecule has 3 aromatic carbocycles. The Labute approximate surface area is 200 Å². The van der Waals surface area contributed by atoms with Crippen molar-refractivity contribution in [3.63, 3.8) is 0 Å². The van der Waals surface area contributed by atoms with E-state index in [-0.39, 0.29) is 6.04 Å². The minimum atomic E-state index is 0.139. The normalized spacial score (nSPS) is 14.8. The molecule has 0 radical (unpaired) electrons. The molecule has 170 valence electrons. The summed E-state index contributed by atoms with van der Waals surface area (Å²) in [7, 11) is 0. The van der Waals surface area contributed by atoms with E-state index in [4.69, 9.17) is 4.42 Å². The van der Waals surface area contributed by atoms with Crippen LogP contribution in [0.15, 0.2) is 114 Å². The summed E-state index contributed by atoms with van der Waals surface area (Å²) in [5, 5.41) is 1.28. The number of nitrogens with zero attached hydrogens (tertiary/aromatic N) is 3. The van der Waals surface area contributed by atoms with E-state index in [0.29, 0.717) is 0 Å². The van der Waals surface area contributed by atoms with Gasteiger partial charge in [0.1, 0.15) is 5.76 Å². The molecule has 0 aliphatic carbocycles. The maximum atomic E-state index is 5.54. The predicted molar refractivity (Wildman–Crippen MR) is 138 cm³/mol. The molecule has 0 atom stereocenters. The van der Waals surface area contributed by atoms with E-state index < -0.39 is 0 Å². The first kappa shape index (κ1) is 20.8. The second kappa shape index (κ2) is 9.24. The average molecular weight is 448 g/mol. The first-order chi connectivity index (χ1) is 16.8. The first-order valence-electron chi connectivity index (χ1n) is 12.1. The van der Waals surface area contributed by atoms with Gasteiger partial charge in [0.15, 0.2) is 0 Å². The molecule has 34 heavy (non-hydrogen) atoms. The van der Waals surface area contributed by atoms with Gasteiger partial charge in [0.05, 0.1) is 24.4 Å². The molecule has 1 fully saturated rings. The van der Waals surface area contributed by atoms with Crippen molar-refractivity contribution in [3.05, 3.63) is 126 Å². The van der Waals surface area contributed by atoms with Crippen molar-refractivity contribution in [1.82, 2.24) is 9.47 Å². The zero-order valence-electron chi connectivity index (χ0n) is 19.3. The quantitative estimate of drug-likeness (QED) is 0.310. The van der Waals surface area contributed by atoms with Crippen molar-refractivity contribution in [2.24, 2.45) is 0 Å². The maximum absolute atomic E-state index is 5.54. The van der Waals surface area contributed by atoms with Crippen molar-refractivity contribution in [2.75, 3.05) is 31.1 Å². The van der Waals surface area contributed by atoms with E-state index >= 15 is 0 Å². The van der Waals surface area contributed by atoms with Crippen LogP contribution in [0.25, 0.3) is 10.9 Å². The maximum Gasteiger partial charge on any atom is 0.117 e. The summed E-state index contributed by atoms with van der Waals surface area (Å²) in [6.45, 7) is 5.01. The van der Waals surface area contributed by atoms with Crippen molar-refractivity contribution in [2.45, 2.75) is 12.6 Å². The number of hydrogen-bond donors (Lipinski definition) is 0. The van der Waals surface area contributed by atoms with E-state index in [1.165, 1.54) is 27.7 Å². The van der Waals surface area contributed by atoms with E-state index in [2.05, 4.69) is 112 Å². The van der Waals surface area contributed by atoms with Gasteiger partial charge in [0.25, 0.3) is 0 Å². The number of piperazine rings is 1. The van der Waals surface area contributed by atoms with Crippen LogP contribution >= 0.6 is 0 Å². The molecule has 4 heteroatoms. The molecule has 0 unspecified atom stereocenters. The molecular formula is C30H29N3O. The van der Waals surface area contributed by atoms with E-state index in [9.17, 15) is 0 Å². The lowest BCUT2D eigenvalue weighted by Gasteiger charge is -2.35. The van der Waals surface area contributed by atoms with Gasteiger partial charge >= 0.3 is 0 Å². The summed E-state index contributed by atoms with van der Waals surface area (Å²) >= 11 is 0. The molecule has 0 bridgehead atoms. The van der Waals surface area contributed by atoms with Gasteiger partial charge in [-0.15, -0.1) is 0 Å². The second-order valence-electron chi connectivity index (χ2n) is 9.03. The highest BCUT2D eigenvalue weighted by molar-refractivity contribution is 5.84. The number of aromatic nitrogens is 1. The highest BCUT2D eigenvalue weighted by Crippen LogP contribution is 2.33. The Kier molecular flexibility index (Phi) is 5.66. The largest absolute Gasteiger partial charge is 0.468 e. The highest BCUT2D eigenvalue weighted by Gasteiger charge is 2.21. The summed E-state index contributed by atoms with van der Waals surface area (Å²) < 4.78 is 7.96. The van der Waals surface area contributed by atoms with Gasteiger partial charge in [-0.2, -0.15) is 0 Å². The van der Waals surface area contributed by atoms with Crippen molar-refractivity contribution < 1.29 is 4.42 Å². The van der Waals surface area contributed by atoms with Gasteiger partial charge in [0, 0.05) is 38.1 Å². The summed E-state index contributed by atoms with van der Waals surface area (Å²) in [4.78, 5) is 4.98. The van der Waals surface area contributed by atoms with Crippen LogP contribution in [0.1, 0.15) is 22.9 Å². The predicted octanol–water partition coefficient (Wildman–Crippen LogP) is 6.19. The topological polar surface area (TPSA) is 24.6 Å². The number of anilines is 1. The molecule has 0 N–H and O–H groups in total. The van der Waals surface area contributed by atoms with Crippen LogP contribution in [0, 0.1) is 0 Å². The number of fused-ring (bicyclic) bond motifs is 1. The van der Waals surface area contributed by atoms with E-state index in [1.54, 1.807) is 6.26 Å². The Morgan fingerprint density at radius 1 is 0.706 bits per heavy atom. The van der Waals surface area contributed by atoms with Crippen LogP contribution in [0.5, 0.6) is 0 Å². The minimum absolute atomic E-state index is 0.139. The van der Waals surface area contributed by atoms with Gasteiger partial charge in [-0.3, -0.25) is 4.90 Å². The van der Waals surface area contributed by atoms with Crippen LogP contribution in [0.4, 0.5) is 5.69 Å². The van der Waals surface area contributed by atoms with Gasteiger partial charge < -0.3 is 13.9 Å². The monoisotopic (exact) mass is 447 g/mol. The number of furan rings is 1. The Morgan fingerprint density at radius 3 is 2.06 bits per heavy atom. The van der Waals surface area contributed by atoms with E-state index in [1.807, 2.05) is 6.07 Å². The second-order valence-corrected chi connectivity index (χ2v) is 9.03. The molecule has 2 aromatic heterocycles. The van der Waals surface area contributed by atoms with Gasteiger partial charge in [-0.1, -0.05) is 66.7 Å². The molecule has 0 spiro atoms. The zero-order chi connectivity index (χ0) is 22.7. The Balaban J connectivity index is 1.30. The smallest absolute Gasteiger partial charge is 0.117 e. The lowest BCUT2D eigenvalue weighted by molar-refractivity contribution is 0.230. The molecule has 1 aliphatic heterocycles. The van der Waals surface area contributed by atoms with Crippen LogP contribution < -0.4 is 4.90 Å².